The van der Waals surface area contributed by atoms with Crippen molar-refractivity contribution in [2.75, 3.05) is 18.1 Å². The van der Waals surface area contributed by atoms with Crippen LogP contribution in [0.5, 0.6) is 5.75 Å². The molecule has 0 bridgehead atoms. The van der Waals surface area contributed by atoms with Gasteiger partial charge in [-0.3, -0.25) is 4.79 Å². The Morgan fingerprint density at radius 2 is 1.71 bits per heavy atom. The molecule has 1 atom stereocenters. The Hall–Kier alpha value is -3.60. The number of carbonyl (C=O) groups excluding carboxylic acids is 1. The average molecular weight is 454 g/mol. The second kappa shape index (κ2) is 9.72. The van der Waals surface area contributed by atoms with Crippen LogP contribution in [0.2, 0.25) is 0 Å². The second-order valence-electron chi connectivity index (χ2n) is 8.84. The van der Waals surface area contributed by atoms with Crippen molar-refractivity contribution in [1.29, 1.82) is 0 Å². The highest BCUT2D eigenvalue weighted by Gasteiger charge is 2.35. The number of nitrogens with zero attached hydrogens (tertiary/aromatic N) is 3. The van der Waals surface area contributed by atoms with Crippen LogP contribution >= 0.6 is 0 Å². The molecule has 0 aliphatic carbocycles. The summed E-state index contributed by atoms with van der Waals surface area (Å²) in [6.07, 6.45) is 2.39. The molecule has 0 saturated carbocycles. The number of ether oxygens (including phenoxy) is 1. The predicted molar refractivity (Wildman–Crippen MR) is 137 cm³/mol. The van der Waals surface area contributed by atoms with Crippen molar-refractivity contribution in [2.45, 2.75) is 45.6 Å². The third-order valence-corrected chi connectivity index (χ3v) is 6.75. The first kappa shape index (κ1) is 22.2. The Balaban J connectivity index is 1.39. The third-order valence-electron chi connectivity index (χ3n) is 6.75. The van der Waals surface area contributed by atoms with Gasteiger partial charge in [0.1, 0.15) is 18.2 Å². The van der Waals surface area contributed by atoms with Gasteiger partial charge in [0.15, 0.2) is 0 Å². The van der Waals surface area contributed by atoms with Crippen LogP contribution in [-0.4, -0.2) is 28.6 Å². The van der Waals surface area contributed by atoms with Gasteiger partial charge in [-0.25, -0.2) is 4.98 Å². The van der Waals surface area contributed by atoms with Gasteiger partial charge in [-0.05, 0) is 54.3 Å². The topological polar surface area (TPSA) is 47.4 Å². The zero-order chi connectivity index (χ0) is 23.5. The van der Waals surface area contributed by atoms with Gasteiger partial charge in [-0.15, -0.1) is 0 Å². The molecule has 1 saturated heterocycles. The summed E-state index contributed by atoms with van der Waals surface area (Å²) < 4.78 is 8.30. The Labute approximate surface area is 201 Å². The van der Waals surface area contributed by atoms with E-state index in [4.69, 9.17) is 9.72 Å². The van der Waals surface area contributed by atoms with Crippen LogP contribution in [0, 0.1) is 0 Å². The van der Waals surface area contributed by atoms with Gasteiger partial charge in [-0.2, -0.15) is 0 Å². The normalized spacial score (nSPS) is 15.9. The first-order valence-electron chi connectivity index (χ1n) is 12.2. The number of para-hydroxylation sites is 3. The maximum absolute atomic E-state index is 13.1. The number of rotatable bonds is 8. The highest BCUT2D eigenvalue weighted by molar-refractivity contribution is 5.97. The van der Waals surface area contributed by atoms with Gasteiger partial charge >= 0.3 is 0 Å². The number of fused-ring (bicyclic) bond motifs is 1. The van der Waals surface area contributed by atoms with Crippen molar-refractivity contribution in [3.63, 3.8) is 0 Å². The van der Waals surface area contributed by atoms with E-state index in [9.17, 15) is 4.79 Å². The minimum absolute atomic E-state index is 0.0497. The minimum Gasteiger partial charge on any atom is -0.492 e. The number of imidazole rings is 1. The number of benzene rings is 3. The average Bonchev–Trinajstić information content (AvgIpc) is 3.45. The lowest BCUT2D eigenvalue weighted by Crippen LogP contribution is -2.25. The Kier molecular flexibility index (Phi) is 6.35. The molecule has 34 heavy (non-hydrogen) atoms. The standard InChI is InChI=1S/C29H31N3O2/c1-3-21-13-15-24(16-14-21)34-18-17-31-27-12-8-6-10-25(27)30-29(31)23-19-28(33)32(20-23)26-11-7-5-9-22(26)4-2/h5-16,23H,3-4,17-20H2,1-2H3/t23-/m1/s1. The number of aromatic nitrogens is 2. The van der Waals surface area contributed by atoms with Crippen LogP contribution in [0.4, 0.5) is 5.69 Å². The Morgan fingerprint density at radius 3 is 2.50 bits per heavy atom. The van der Waals surface area contributed by atoms with Gasteiger partial charge in [-0.1, -0.05) is 56.3 Å². The van der Waals surface area contributed by atoms with E-state index >= 15 is 0 Å². The lowest BCUT2D eigenvalue weighted by Gasteiger charge is -2.20. The summed E-state index contributed by atoms with van der Waals surface area (Å²) in [5.74, 6) is 2.06. The van der Waals surface area contributed by atoms with Gasteiger partial charge < -0.3 is 14.2 Å². The largest absolute Gasteiger partial charge is 0.492 e. The van der Waals surface area contributed by atoms with E-state index in [2.05, 4.69) is 48.7 Å². The SMILES string of the molecule is CCc1ccc(OCCn2c([C@@H]3CC(=O)N(c4ccccc4CC)C3)nc3ccccc32)cc1. The summed E-state index contributed by atoms with van der Waals surface area (Å²) in [4.78, 5) is 20.0. The molecular formula is C29H31N3O2. The maximum atomic E-state index is 13.1. The molecule has 3 aromatic carbocycles. The lowest BCUT2D eigenvalue weighted by molar-refractivity contribution is -0.117. The second-order valence-corrected chi connectivity index (χ2v) is 8.84. The molecule has 174 valence electrons. The first-order valence-corrected chi connectivity index (χ1v) is 12.2. The molecule has 0 unspecified atom stereocenters. The number of hydrogen-bond donors (Lipinski definition) is 0. The monoisotopic (exact) mass is 453 g/mol. The smallest absolute Gasteiger partial charge is 0.227 e. The molecule has 1 aromatic heterocycles. The zero-order valence-electron chi connectivity index (χ0n) is 19.9. The van der Waals surface area contributed by atoms with Crippen LogP contribution < -0.4 is 9.64 Å². The van der Waals surface area contributed by atoms with Crippen molar-refractivity contribution < 1.29 is 9.53 Å². The van der Waals surface area contributed by atoms with Crippen LogP contribution in [-0.2, 0) is 24.2 Å². The highest BCUT2D eigenvalue weighted by atomic mass is 16.5. The van der Waals surface area contributed by atoms with Crippen LogP contribution in [0.25, 0.3) is 11.0 Å². The molecule has 1 aliphatic heterocycles. The minimum atomic E-state index is 0.0497. The summed E-state index contributed by atoms with van der Waals surface area (Å²) in [5, 5.41) is 0. The molecule has 5 nitrogen and oxygen atoms in total. The van der Waals surface area contributed by atoms with E-state index in [-0.39, 0.29) is 11.8 Å². The van der Waals surface area contributed by atoms with E-state index < -0.39 is 0 Å². The van der Waals surface area contributed by atoms with Gasteiger partial charge in [0.25, 0.3) is 0 Å². The third kappa shape index (κ3) is 4.30. The van der Waals surface area contributed by atoms with E-state index in [1.54, 1.807) is 0 Å². The summed E-state index contributed by atoms with van der Waals surface area (Å²) in [6.45, 7) is 6.16. The van der Waals surface area contributed by atoms with E-state index in [0.29, 0.717) is 26.1 Å². The fourth-order valence-corrected chi connectivity index (χ4v) is 4.90. The molecule has 1 aliphatic rings. The van der Waals surface area contributed by atoms with E-state index in [1.165, 1.54) is 11.1 Å². The molecular weight excluding hydrogens is 422 g/mol. The predicted octanol–water partition coefficient (Wildman–Crippen LogP) is 5.76. The maximum Gasteiger partial charge on any atom is 0.227 e. The van der Waals surface area contributed by atoms with Gasteiger partial charge in [0, 0.05) is 24.6 Å². The lowest BCUT2D eigenvalue weighted by atomic mass is 10.1. The van der Waals surface area contributed by atoms with Gasteiger partial charge in [0.05, 0.1) is 17.6 Å². The molecule has 0 N–H and O–H groups in total. The fourth-order valence-electron chi connectivity index (χ4n) is 4.90. The number of amides is 1. The zero-order valence-corrected chi connectivity index (χ0v) is 19.9. The first-order chi connectivity index (χ1) is 16.7. The van der Waals surface area contributed by atoms with Crippen molar-refractivity contribution in [3.05, 3.63) is 89.7 Å². The summed E-state index contributed by atoms with van der Waals surface area (Å²) in [7, 11) is 0. The van der Waals surface area contributed by atoms with Crippen molar-refractivity contribution in [3.8, 4) is 5.75 Å². The molecule has 2 heterocycles. The molecule has 1 amide bonds. The summed E-state index contributed by atoms with van der Waals surface area (Å²) in [6, 6.07) is 24.7. The number of aryl methyl sites for hydroxylation is 2. The fraction of sp³-hybridized carbons (Fsp3) is 0.310. The Morgan fingerprint density at radius 1 is 0.941 bits per heavy atom. The van der Waals surface area contributed by atoms with E-state index in [1.807, 2.05) is 47.4 Å². The number of carbonyl (C=O) groups is 1. The quantitative estimate of drug-likeness (QED) is 0.341. The van der Waals surface area contributed by atoms with Crippen LogP contribution in [0.1, 0.15) is 43.1 Å². The molecule has 1 fully saturated rings. The van der Waals surface area contributed by atoms with Gasteiger partial charge in [0.2, 0.25) is 5.91 Å². The summed E-state index contributed by atoms with van der Waals surface area (Å²) >= 11 is 0. The molecule has 4 aromatic rings. The van der Waals surface area contributed by atoms with Crippen molar-refractivity contribution in [1.82, 2.24) is 9.55 Å². The van der Waals surface area contributed by atoms with Crippen molar-refractivity contribution >= 4 is 22.6 Å². The Bertz CT molecular complexity index is 1290. The number of anilines is 1. The van der Waals surface area contributed by atoms with Crippen LogP contribution in [0.3, 0.4) is 0 Å². The highest BCUT2D eigenvalue weighted by Crippen LogP contribution is 2.34. The molecule has 0 radical (unpaired) electrons. The molecule has 5 rings (SSSR count). The van der Waals surface area contributed by atoms with Crippen molar-refractivity contribution in [2.24, 2.45) is 0 Å². The summed E-state index contributed by atoms with van der Waals surface area (Å²) in [5.41, 5.74) is 5.58. The number of hydrogen-bond acceptors (Lipinski definition) is 3. The van der Waals surface area contributed by atoms with Crippen LogP contribution in [0.15, 0.2) is 72.8 Å². The van der Waals surface area contributed by atoms with E-state index in [0.717, 1.165) is 41.1 Å². The molecule has 0 spiro atoms. The molecule has 5 heteroatoms.